The number of nitrogens with one attached hydrogen (secondary N) is 1. The molecule has 2 aromatic carbocycles. The number of pyridine rings is 1. The lowest BCUT2D eigenvalue weighted by molar-refractivity contribution is -0.116. The molecule has 0 atom stereocenters. The normalized spacial score (nSPS) is 11.3. The van der Waals surface area contributed by atoms with Gasteiger partial charge >= 0.3 is 5.76 Å². The van der Waals surface area contributed by atoms with E-state index in [0.717, 1.165) is 16.8 Å². The van der Waals surface area contributed by atoms with Gasteiger partial charge in [0.15, 0.2) is 5.58 Å². The smallest absolute Gasteiger partial charge is 0.408 e. The number of aromatic nitrogens is 3. The summed E-state index contributed by atoms with van der Waals surface area (Å²) in [4.78, 5) is 29.8. The van der Waals surface area contributed by atoms with Crippen LogP contribution in [-0.4, -0.2) is 19.9 Å². The molecule has 1 amide bonds. The number of carbonyl (C=O) groups is 1. The van der Waals surface area contributed by atoms with Crippen LogP contribution in [-0.2, 0) is 11.3 Å². The summed E-state index contributed by atoms with van der Waals surface area (Å²) in [5, 5.41) is 3.00. The quantitative estimate of drug-likeness (QED) is 0.468. The first kappa shape index (κ1) is 18.9. The zero-order valence-electron chi connectivity index (χ0n) is 16.9. The van der Waals surface area contributed by atoms with E-state index in [1.54, 1.807) is 18.2 Å². The molecule has 0 aliphatic carbocycles. The number of aryl methyl sites for hydroxylation is 2. The van der Waals surface area contributed by atoms with Gasteiger partial charge in [-0.25, -0.2) is 9.78 Å². The van der Waals surface area contributed by atoms with E-state index in [9.17, 15) is 9.59 Å². The van der Waals surface area contributed by atoms with E-state index < -0.39 is 5.76 Å². The van der Waals surface area contributed by atoms with Crippen molar-refractivity contribution in [3.8, 4) is 11.3 Å². The van der Waals surface area contributed by atoms with Crippen molar-refractivity contribution in [2.24, 2.45) is 0 Å². The van der Waals surface area contributed by atoms with E-state index in [1.807, 2.05) is 66.1 Å². The molecule has 3 aromatic heterocycles. The molecule has 0 radical (unpaired) electrons. The summed E-state index contributed by atoms with van der Waals surface area (Å²) in [5.74, 6) is -0.0682. The zero-order chi connectivity index (χ0) is 21.4. The van der Waals surface area contributed by atoms with E-state index >= 15 is 0 Å². The van der Waals surface area contributed by atoms with Gasteiger partial charge in [0.25, 0.3) is 0 Å². The first-order chi connectivity index (χ1) is 15.1. The van der Waals surface area contributed by atoms with Crippen molar-refractivity contribution in [1.82, 2.24) is 14.0 Å². The first-order valence-electron chi connectivity index (χ1n) is 10.0. The van der Waals surface area contributed by atoms with E-state index in [0.29, 0.717) is 22.6 Å². The molecule has 0 aliphatic heterocycles. The second-order valence-electron chi connectivity index (χ2n) is 7.35. The predicted molar refractivity (Wildman–Crippen MR) is 119 cm³/mol. The Morgan fingerprint density at radius 1 is 1.03 bits per heavy atom. The van der Waals surface area contributed by atoms with Crippen LogP contribution in [0.15, 0.2) is 82.1 Å². The third-order valence-electron chi connectivity index (χ3n) is 5.29. The van der Waals surface area contributed by atoms with Crippen LogP contribution < -0.4 is 11.1 Å². The van der Waals surface area contributed by atoms with E-state index in [1.165, 1.54) is 4.57 Å². The van der Waals surface area contributed by atoms with Crippen molar-refractivity contribution in [3.05, 3.63) is 89.0 Å². The molecule has 5 aromatic rings. The lowest BCUT2D eigenvalue weighted by atomic mass is 10.1. The number of imidazole rings is 1. The SMILES string of the molecule is Cc1cccn2c(NC(=O)CCn3c(=O)oc4ccccc43)c(-c3ccccc3)nc12. The number of benzene rings is 2. The summed E-state index contributed by atoms with van der Waals surface area (Å²) in [6.07, 6.45) is 2.00. The van der Waals surface area contributed by atoms with Gasteiger partial charge in [0, 0.05) is 24.7 Å². The molecule has 0 saturated heterocycles. The standard InChI is InChI=1S/C24H20N4O3/c1-16-8-7-14-28-22(16)26-21(17-9-3-2-4-10-17)23(28)25-20(29)13-15-27-18-11-5-6-12-19(18)31-24(27)30/h2-12,14H,13,15H2,1H3,(H,25,29). The molecular weight excluding hydrogens is 392 g/mol. The monoisotopic (exact) mass is 412 g/mol. The van der Waals surface area contributed by atoms with Crippen molar-refractivity contribution in [2.45, 2.75) is 19.9 Å². The Balaban J connectivity index is 1.46. The Morgan fingerprint density at radius 2 is 1.81 bits per heavy atom. The highest BCUT2D eigenvalue weighted by molar-refractivity contribution is 5.94. The Labute approximate surface area is 177 Å². The van der Waals surface area contributed by atoms with E-state index in [4.69, 9.17) is 9.40 Å². The molecule has 0 unspecified atom stereocenters. The summed E-state index contributed by atoms with van der Waals surface area (Å²) < 4.78 is 8.61. The lowest BCUT2D eigenvalue weighted by Crippen LogP contribution is -2.20. The summed E-state index contributed by atoms with van der Waals surface area (Å²) in [7, 11) is 0. The van der Waals surface area contributed by atoms with Crippen LogP contribution >= 0.6 is 0 Å². The van der Waals surface area contributed by atoms with Crippen LogP contribution in [0.4, 0.5) is 5.82 Å². The summed E-state index contributed by atoms with van der Waals surface area (Å²) >= 11 is 0. The molecule has 0 aliphatic rings. The minimum absolute atomic E-state index is 0.122. The Bertz CT molecular complexity index is 1460. The van der Waals surface area contributed by atoms with Crippen LogP contribution in [0, 0.1) is 6.92 Å². The molecule has 0 fully saturated rings. The van der Waals surface area contributed by atoms with Crippen molar-refractivity contribution < 1.29 is 9.21 Å². The number of rotatable bonds is 5. The zero-order valence-corrected chi connectivity index (χ0v) is 16.9. The maximum absolute atomic E-state index is 12.9. The van der Waals surface area contributed by atoms with Crippen LogP contribution in [0.1, 0.15) is 12.0 Å². The number of hydrogen-bond acceptors (Lipinski definition) is 4. The summed E-state index contributed by atoms with van der Waals surface area (Å²) in [6, 6.07) is 20.8. The molecule has 0 spiro atoms. The molecule has 31 heavy (non-hydrogen) atoms. The molecule has 0 saturated carbocycles. The number of oxazole rings is 1. The van der Waals surface area contributed by atoms with Crippen LogP contribution in [0.25, 0.3) is 28.0 Å². The highest BCUT2D eigenvalue weighted by Gasteiger charge is 2.18. The van der Waals surface area contributed by atoms with Crippen molar-refractivity contribution >= 4 is 28.5 Å². The molecule has 3 heterocycles. The Morgan fingerprint density at radius 3 is 2.65 bits per heavy atom. The molecule has 7 nitrogen and oxygen atoms in total. The predicted octanol–water partition coefficient (Wildman–Crippen LogP) is 4.25. The number of nitrogens with zero attached hydrogens (tertiary/aromatic N) is 3. The summed E-state index contributed by atoms with van der Waals surface area (Å²) in [6.45, 7) is 2.21. The number of anilines is 1. The maximum Gasteiger partial charge on any atom is 0.419 e. The fourth-order valence-corrected chi connectivity index (χ4v) is 3.75. The summed E-state index contributed by atoms with van der Waals surface area (Å²) in [5.41, 5.74) is 4.60. The van der Waals surface area contributed by atoms with Crippen LogP contribution in [0.2, 0.25) is 0 Å². The van der Waals surface area contributed by atoms with Gasteiger partial charge in [0.1, 0.15) is 17.2 Å². The molecular formula is C24H20N4O3. The molecule has 154 valence electrons. The molecule has 0 bridgehead atoms. The average molecular weight is 412 g/mol. The topological polar surface area (TPSA) is 81.5 Å². The van der Waals surface area contributed by atoms with E-state index in [-0.39, 0.29) is 18.9 Å². The first-order valence-corrected chi connectivity index (χ1v) is 10.0. The van der Waals surface area contributed by atoms with Gasteiger partial charge in [-0.15, -0.1) is 0 Å². The van der Waals surface area contributed by atoms with Gasteiger partial charge in [-0.1, -0.05) is 48.5 Å². The minimum atomic E-state index is -0.468. The largest absolute Gasteiger partial charge is 0.419 e. The Kier molecular flexibility index (Phi) is 4.63. The van der Waals surface area contributed by atoms with Gasteiger partial charge < -0.3 is 9.73 Å². The van der Waals surface area contributed by atoms with Gasteiger partial charge in [-0.05, 0) is 30.7 Å². The fourth-order valence-electron chi connectivity index (χ4n) is 3.75. The second kappa shape index (κ2) is 7.60. The van der Waals surface area contributed by atoms with Crippen molar-refractivity contribution in [3.63, 3.8) is 0 Å². The Hall–Kier alpha value is -4.13. The van der Waals surface area contributed by atoms with Crippen molar-refractivity contribution in [1.29, 1.82) is 0 Å². The maximum atomic E-state index is 12.9. The highest BCUT2D eigenvalue weighted by Crippen LogP contribution is 2.29. The third kappa shape index (κ3) is 3.40. The second-order valence-corrected chi connectivity index (χ2v) is 7.35. The van der Waals surface area contributed by atoms with E-state index in [2.05, 4.69) is 5.32 Å². The van der Waals surface area contributed by atoms with Gasteiger partial charge in [-0.2, -0.15) is 0 Å². The van der Waals surface area contributed by atoms with Gasteiger partial charge in [0.05, 0.1) is 5.52 Å². The minimum Gasteiger partial charge on any atom is -0.408 e. The lowest BCUT2D eigenvalue weighted by Gasteiger charge is -2.08. The number of carbonyl (C=O) groups excluding carboxylic acids is 1. The number of para-hydroxylation sites is 2. The third-order valence-corrected chi connectivity index (χ3v) is 5.29. The van der Waals surface area contributed by atoms with Crippen molar-refractivity contribution in [2.75, 3.05) is 5.32 Å². The molecule has 5 rings (SSSR count). The number of amides is 1. The van der Waals surface area contributed by atoms with Crippen LogP contribution in [0.3, 0.4) is 0 Å². The fraction of sp³-hybridized carbons (Fsp3) is 0.125. The highest BCUT2D eigenvalue weighted by atomic mass is 16.4. The van der Waals surface area contributed by atoms with Gasteiger partial charge in [-0.3, -0.25) is 13.8 Å². The number of hydrogen-bond donors (Lipinski definition) is 1. The number of fused-ring (bicyclic) bond motifs is 2. The van der Waals surface area contributed by atoms with Crippen LogP contribution in [0.5, 0.6) is 0 Å². The molecule has 7 heteroatoms. The van der Waals surface area contributed by atoms with Gasteiger partial charge in [0.2, 0.25) is 5.91 Å². The molecule has 1 N–H and O–H groups in total. The average Bonchev–Trinajstić information content (AvgIpc) is 3.31.